The molecule has 3 nitrogen and oxygen atoms in total. The first-order valence-corrected chi connectivity index (χ1v) is 9.50. The Hall–Kier alpha value is 0.552. The maximum Gasteiger partial charge on any atom is 2.00 e. The Kier molecular flexibility index (Phi) is 19.2. The van der Waals surface area contributed by atoms with Gasteiger partial charge >= 0.3 is 25.6 Å². The van der Waals surface area contributed by atoms with Crippen LogP contribution in [0.2, 0.25) is 0 Å². The van der Waals surface area contributed by atoms with Crippen LogP contribution in [0.4, 0.5) is 0 Å². The van der Waals surface area contributed by atoms with Crippen LogP contribution in [0.5, 0.6) is 0 Å². The number of hydrogen-bond donors (Lipinski definition) is 0. The van der Waals surface area contributed by atoms with E-state index in [4.69, 9.17) is 9.05 Å². The summed E-state index contributed by atoms with van der Waals surface area (Å²) in [6.45, 7) is 8.36. The fraction of sp³-hybridized carbons (Fsp3) is 1.00. The summed E-state index contributed by atoms with van der Waals surface area (Å²) in [5.41, 5.74) is 0. The summed E-state index contributed by atoms with van der Waals surface area (Å²) in [7, 11) is -1.96. The Morgan fingerprint density at radius 1 is 0.762 bits per heavy atom. The molecule has 0 saturated carbocycles. The molecular weight excluding hydrogens is 323 g/mol. The summed E-state index contributed by atoms with van der Waals surface area (Å²) in [6, 6.07) is 0. The van der Waals surface area contributed by atoms with Crippen molar-refractivity contribution in [3.8, 4) is 0 Å². The van der Waals surface area contributed by atoms with Crippen molar-refractivity contribution in [2.45, 2.75) is 104 Å². The molecule has 2 unspecified atom stereocenters. The van der Waals surface area contributed by atoms with Crippen LogP contribution in [0.1, 0.15) is 91.9 Å². The van der Waals surface area contributed by atoms with Crippen molar-refractivity contribution in [1.29, 1.82) is 0 Å². The third-order valence-corrected chi connectivity index (χ3v) is 4.52. The van der Waals surface area contributed by atoms with Crippen molar-refractivity contribution >= 4 is 8.25 Å². The smallest absolute Gasteiger partial charge is 0.116 e. The van der Waals surface area contributed by atoms with Gasteiger partial charge in [-0.3, -0.25) is 0 Å². The molecule has 0 aliphatic rings. The van der Waals surface area contributed by atoms with Crippen molar-refractivity contribution in [2.24, 2.45) is 0 Å². The molecule has 0 aliphatic heterocycles. The minimum atomic E-state index is -1.96. The molecular formula is C16H34CrO3P+3. The molecule has 0 amide bonds. The molecule has 0 saturated heterocycles. The van der Waals surface area contributed by atoms with Gasteiger partial charge in [-0.2, -0.15) is 0 Å². The number of unbranched alkanes of at least 4 members (excludes halogenated alkanes) is 6. The van der Waals surface area contributed by atoms with E-state index in [-0.39, 0.29) is 29.6 Å². The van der Waals surface area contributed by atoms with Crippen molar-refractivity contribution in [1.82, 2.24) is 0 Å². The van der Waals surface area contributed by atoms with Crippen molar-refractivity contribution in [3.05, 3.63) is 0 Å². The van der Waals surface area contributed by atoms with Gasteiger partial charge in [-0.25, -0.2) is 0 Å². The monoisotopic (exact) mass is 357 g/mol. The van der Waals surface area contributed by atoms with Gasteiger partial charge in [-0.1, -0.05) is 65.2 Å². The topological polar surface area (TPSA) is 35.5 Å². The summed E-state index contributed by atoms with van der Waals surface area (Å²) >= 11 is 0. The maximum absolute atomic E-state index is 11.7. The van der Waals surface area contributed by atoms with Crippen molar-refractivity contribution in [2.75, 3.05) is 0 Å². The van der Waals surface area contributed by atoms with E-state index in [1.807, 2.05) is 13.8 Å². The van der Waals surface area contributed by atoms with Crippen molar-refractivity contribution < 1.29 is 31.0 Å². The van der Waals surface area contributed by atoms with E-state index >= 15 is 0 Å². The Bertz CT molecular complexity index is 218. The van der Waals surface area contributed by atoms with Crippen LogP contribution in [0.15, 0.2) is 0 Å². The SMILES string of the molecule is CCCCCCC(C)O[P+](=O)OC(C)CCCCCC.[Cr+2]. The third kappa shape index (κ3) is 16.7. The fourth-order valence-electron chi connectivity index (χ4n) is 2.14. The molecule has 0 heterocycles. The Morgan fingerprint density at radius 2 is 1.14 bits per heavy atom. The summed E-state index contributed by atoms with van der Waals surface area (Å²) < 4.78 is 22.6. The van der Waals surface area contributed by atoms with Crippen LogP contribution >= 0.6 is 8.25 Å². The Labute approximate surface area is 143 Å². The summed E-state index contributed by atoms with van der Waals surface area (Å²) in [4.78, 5) is 0. The molecule has 0 aromatic heterocycles. The maximum atomic E-state index is 11.7. The molecule has 124 valence electrons. The normalized spacial score (nSPS) is 14.4. The van der Waals surface area contributed by atoms with E-state index in [9.17, 15) is 4.57 Å². The van der Waals surface area contributed by atoms with Gasteiger partial charge in [0, 0.05) is 4.57 Å². The van der Waals surface area contributed by atoms with E-state index in [0.717, 1.165) is 25.7 Å². The fourth-order valence-corrected chi connectivity index (χ4v) is 2.99. The molecule has 0 rings (SSSR count). The standard InChI is InChI=1S/C16H34O3P.Cr/c1-5-7-9-11-13-15(3)18-20(17)19-16(4)14-12-10-8-6-2;/h15-16H,5-14H2,1-4H3;/q+1;+2. The van der Waals surface area contributed by atoms with E-state index in [0.29, 0.717) is 0 Å². The molecule has 0 N–H and O–H groups in total. The first-order valence-electron chi connectivity index (χ1n) is 8.40. The van der Waals surface area contributed by atoms with E-state index in [1.165, 1.54) is 38.5 Å². The minimum absolute atomic E-state index is 0. The van der Waals surface area contributed by atoms with E-state index in [2.05, 4.69) is 13.8 Å². The minimum Gasteiger partial charge on any atom is -0.116 e. The van der Waals surface area contributed by atoms with Gasteiger partial charge in [0.2, 0.25) is 0 Å². The predicted molar refractivity (Wildman–Crippen MR) is 86.2 cm³/mol. The van der Waals surface area contributed by atoms with Gasteiger partial charge in [0.25, 0.3) is 0 Å². The van der Waals surface area contributed by atoms with Gasteiger partial charge in [0.15, 0.2) is 0 Å². The van der Waals surface area contributed by atoms with E-state index < -0.39 is 8.25 Å². The zero-order chi connectivity index (χ0) is 15.2. The van der Waals surface area contributed by atoms with Crippen LogP contribution in [0.25, 0.3) is 0 Å². The van der Waals surface area contributed by atoms with Crippen LogP contribution < -0.4 is 0 Å². The number of rotatable bonds is 14. The van der Waals surface area contributed by atoms with Gasteiger partial charge in [0.1, 0.15) is 12.2 Å². The molecule has 0 aromatic rings. The summed E-state index contributed by atoms with van der Waals surface area (Å²) in [5.74, 6) is 0. The van der Waals surface area contributed by atoms with Crippen LogP contribution in [0, 0.1) is 0 Å². The zero-order valence-electron chi connectivity index (χ0n) is 14.3. The van der Waals surface area contributed by atoms with E-state index in [1.54, 1.807) is 0 Å². The number of hydrogen-bond acceptors (Lipinski definition) is 3. The molecule has 5 heteroatoms. The average Bonchev–Trinajstić information content (AvgIpc) is 2.39. The first-order chi connectivity index (χ1) is 9.60. The van der Waals surface area contributed by atoms with Crippen LogP contribution in [-0.4, -0.2) is 12.2 Å². The van der Waals surface area contributed by atoms with Gasteiger partial charge in [-0.05, 0) is 26.7 Å². The molecule has 0 aromatic carbocycles. The third-order valence-electron chi connectivity index (χ3n) is 3.46. The van der Waals surface area contributed by atoms with Gasteiger partial charge < -0.3 is 0 Å². The largest absolute Gasteiger partial charge is 2.00 e. The second-order valence-electron chi connectivity index (χ2n) is 5.75. The molecule has 0 fully saturated rings. The van der Waals surface area contributed by atoms with Gasteiger partial charge in [0.05, 0.1) is 0 Å². The quantitative estimate of drug-likeness (QED) is 0.267. The van der Waals surface area contributed by atoms with Crippen LogP contribution in [0.3, 0.4) is 0 Å². The molecule has 21 heavy (non-hydrogen) atoms. The molecule has 0 bridgehead atoms. The van der Waals surface area contributed by atoms with Gasteiger partial charge in [-0.15, -0.1) is 9.05 Å². The Balaban J connectivity index is 0. The second kappa shape index (κ2) is 16.9. The molecule has 0 aliphatic carbocycles. The average molecular weight is 357 g/mol. The zero-order valence-corrected chi connectivity index (χ0v) is 16.5. The summed E-state index contributed by atoms with van der Waals surface area (Å²) in [6.07, 6.45) is 11.8. The van der Waals surface area contributed by atoms with Crippen molar-refractivity contribution in [3.63, 3.8) is 0 Å². The first kappa shape index (κ1) is 23.8. The van der Waals surface area contributed by atoms with Crippen LogP contribution in [-0.2, 0) is 31.0 Å². The predicted octanol–water partition coefficient (Wildman–Crippen LogP) is 6.39. The second-order valence-corrected chi connectivity index (χ2v) is 6.62. The molecule has 2 atom stereocenters. The molecule has 0 radical (unpaired) electrons. The molecule has 0 spiro atoms. The summed E-state index contributed by atoms with van der Waals surface area (Å²) in [5, 5.41) is 0. The Morgan fingerprint density at radius 3 is 1.48 bits per heavy atom.